The molecule has 3 aromatic rings. The minimum absolute atomic E-state index is 0.257. The molecule has 9 heteroatoms. The van der Waals surface area contributed by atoms with Gasteiger partial charge in [-0.15, -0.1) is 0 Å². The number of nitrogens with zero attached hydrogens (tertiary/aromatic N) is 2. The van der Waals surface area contributed by atoms with Crippen LogP contribution >= 0.6 is 23.2 Å². The molecule has 1 aromatic heterocycles. The molecule has 0 radical (unpaired) electrons. The van der Waals surface area contributed by atoms with Gasteiger partial charge >= 0.3 is 0 Å². The number of aromatic nitrogens is 2. The Balaban J connectivity index is 1.72. The van der Waals surface area contributed by atoms with Crippen LogP contribution in [0.1, 0.15) is 48.3 Å². The highest BCUT2D eigenvalue weighted by Crippen LogP contribution is 2.34. The number of carbonyl (C=O) groups excluding carboxylic acids is 1. The molecule has 186 valence electrons. The van der Waals surface area contributed by atoms with E-state index in [1.165, 1.54) is 0 Å². The molecule has 4 rings (SSSR count). The van der Waals surface area contributed by atoms with Crippen molar-refractivity contribution >= 4 is 29.1 Å². The van der Waals surface area contributed by atoms with E-state index < -0.39 is 12.8 Å². The van der Waals surface area contributed by atoms with Gasteiger partial charge in [-0.2, -0.15) is 0 Å². The summed E-state index contributed by atoms with van der Waals surface area (Å²) in [5.74, 6) is 0.768. The van der Waals surface area contributed by atoms with Gasteiger partial charge in [0.15, 0.2) is 0 Å². The van der Waals surface area contributed by atoms with Gasteiger partial charge < -0.3 is 15.2 Å². The Morgan fingerprint density at radius 2 is 1.94 bits per heavy atom. The molecule has 0 saturated heterocycles. The summed E-state index contributed by atoms with van der Waals surface area (Å²) < 4.78 is 19.8. The van der Waals surface area contributed by atoms with Crippen molar-refractivity contribution in [1.29, 1.82) is 0 Å². The summed E-state index contributed by atoms with van der Waals surface area (Å²) >= 11 is 12.6. The Labute approximate surface area is 214 Å². The van der Waals surface area contributed by atoms with Crippen LogP contribution < -0.4 is 10.1 Å². The smallest absolute Gasteiger partial charge is 0.272 e. The monoisotopic (exact) mass is 519 g/mol. The van der Waals surface area contributed by atoms with E-state index in [0.29, 0.717) is 52.3 Å². The van der Waals surface area contributed by atoms with Crippen molar-refractivity contribution in [3.63, 3.8) is 0 Å². The molecule has 1 aliphatic rings. The fourth-order valence-corrected chi connectivity index (χ4v) is 4.83. The van der Waals surface area contributed by atoms with E-state index in [4.69, 9.17) is 27.9 Å². The molecule has 2 N–H and O–H groups in total. The fourth-order valence-electron chi connectivity index (χ4n) is 4.34. The maximum atomic E-state index is 13.2. The Kier molecular flexibility index (Phi) is 8.31. The minimum atomic E-state index is -0.565. The number of nitrogens with one attached hydrogen (secondary N) is 1. The first-order valence-corrected chi connectivity index (χ1v) is 12.5. The largest absolute Gasteiger partial charge is 0.493 e. The van der Waals surface area contributed by atoms with Gasteiger partial charge in [0.05, 0.1) is 36.1 Å². The number of alkyl halides is 1. The quantitative estimate of drug-likeness (QED) is 0.361. The van der Waals surface area contributed by atoms with Crippen LogP contribution in [-0.2, 0) is 0 Å². The van der Waals surface area contributed by atoms with E-state index in [1.54, 1.807) is 30.3 Å². The summed E-state index contributed by atoms with van der Waals surface area (Å²) in [5, 5.41) is 14.2. The average molecular weight is 520 g/mol. The number of aliphatic hydroxyl groups excluding tert-OH is 1. The Bertz CT molecular complexity index is 1180. The van der Waals surface area contributed by atoms with E-state index in [1.807, 2.05) is 23.6 Å². The summed E-state index contributed by atoms with van der Waals surface area (Å²) in [4.78, 5) is 17.9. The van der Waals surface area contributed by atoms with Crippen LogP contribution in [-0.4, -0.2) is 46.0 Å². The molecular weight excluding hydrogens is 492 g/mol. The van der Waals surface area contributed by atoms with Gasteiger partial charge in [0.25, 0.3) is 5.91 Å². The number of halogens is 3. The molecule has 6 nitrogen and oxygen atoms in total. The molecule has 2 aromatic carbocycles. The summed E-state index contributed by atoms with van der Waals surface area (Å²) in [6, 6.07) is 12.1. The van der Waals surface area contributed by atoms with Gasteiger partial charge in [-0.05, 0) is 62.2 Å². The second-order valence-electron chi connectivity index (χ2n) is 8.65. The van der Waals surface area contributed by atoms with Crippen LogP contribution in [0.5, 0.6) is 5.75 Å². The minimum Gasteiger partial charge on any atom is -0.493 e. The molecule has 35 heavy (non-hydrogen) atoms. The molecule has 1 amide bonds. The number of hydrogen-bond acceptors (Lipinski definition) is 4. The molecule has 1 saturated carbocycles. The van der Waals surface area contributed by atoms with E-state index in [9.17, 15) is 14.3 Å². The Hall–Kier alpha value is -2.61. The molecule has 0 spiro atoms. The van der Waals surface area contributed by atoms with Crippen LogP contribution in [0.25, 0.3) is 17.1 Å². The van der Waals surface area contributed by atoms with Gasteiger partial charge in [0.1, 0.15) is 17.3 Å². The predicted molar refractivity (Wildman–Crippen MR) is 136 cm³/mol. The fraction of sp³-hybridized carbons (Fsp3) is 0.385. The van der Waals surface area contributed by atoms with Crippen LogP contribution in [0, 0.1) is 6.92 Å². The predicted octanol–water partition coefficient (Wildman–Crippen LogP) is 5.93. The van der Waals surface area contributed by atoms with Crippen molar-refractivity contribution in [2.24, 2.45) is 0 Å². The molecular formula is C26H28Cl2FN3O3. The van der Waals surface area contributed by atoms with E-state index in [0.717, 1.165) is 24.9 Å². The SMILES string of the molecule is Cc1c(C(=O)NC2CCCCC2O)nc(-c2ccc(Cl)cc2Cl)n1-c1ccc(OCCCF)cc1. The summed E-state index contributed by atoms with van der Waals surface area (Å²) in [6.07, 6.45) is 3.07. The Morgan fingerprint density at radius 1 is 1.20 bits per heavy atom. The van der Waals surface area contributed by atoms with Crippen molar-refractivity contribution in [3.05, 3.63) is 63.9 Å². The lowest BCUT2D eigenvalue weighted by molar-refractivity contribution is 0.0713. The second-order valence-corrected chi connectivity index (χ2v) is 9.49. The zero-order chi connectivity index (χ0) is 24.9. The molecule has 1 heterocycles. The maximum absolute atomic E-state index is 13.2. The van der Waals surface area contributed by atoms with Gasteiger partial charge in [-0.25, -0.2) is 4.98 Å². The first-order valence-electron chi connectivity index (χ1n) is 11.7. The van der Waals surface area contributed by atoms with Crippen molar-refractivity contribution in [1.82, 2.24) is 14.9 Å². The molecule has 1 fully saturated rings. The van der Waals surface area contributed by atoms with Crippen LogP contribution in [0.3, 0.4) is 0 Å². The zero-order valence-corrected chi connectivity index (χ0v) is 20.9. The lowest BCUT2D eigenvalue weighted by atomic mass is 9.92. The van der Waals surface area contributed by atoms with Crippen molar-refractivity contribution in [2.75, 3.05) is 13.3 Å². The van der Waals surface area contributed by atoms with E-state index in [-0.39, 0.29) is 17.6 Å². The third-order valence-electron chi connectivity index (χ3n) is 6.18. The highest BCUT2D eigenvalue weighted by Gasteiger charge is 2.28. The number of benzene rings is 2. The third kappa shape index (κ3) is 5.80. The summed E-state index contributed by atoms with van der Waals surface area (Å²) in [6.45, 7) is 1.68. The average Bonchev–Trinajstić information content (AvgIpc) is 3.18. The lowest BCUT2D eigenvalue weighted by Gasteiger charge is -2.28. The number of rotatable bonds is 8. The topological polar surface area (TPSA) is 76.4 Å². The molecule has 1 aliphatic carbocycles. The number of ether oxygens (including phenoxy) is 1. The van der Waals surface area contributed by atoms with Crippen molar-refractivity contribution in [2.45, 2.75) is 51.2 Å². The number of carbonyl (C=O) groups is 1. The molecule has 2 unspecified atom stereocenters. The standard InChI is InChI=1S/C26H28Cl2FN3O3/c1-16-24(26(34)30-22-5-2-3-6-23(22)33)31-25(20-12-7-17(27)15-21(20)28)32(16)18-8-10-19(11-9-18)35-14-4-13-29/h7-12,15,22-23,33H,2-6,13-14H2,1H3,(H,30,34). The molecule has 0 bridgehead atoms. The van der Waals surface area contributed by atoms with Gasteiger partial charge in [0.2, 0.25) is 0 Å². The van der Waals surface area contributed by atoms with Crippen LogP contribution in [0.2, 0.25) is 10.0 Å². The first kappa shape index (κ1) is 25.5. The highest BCUT2D eigenvalue weighted by atomic mass is 35.5. The third-order valence-corrected chi connectivity index (χ3v) is 6.73. The summed E-state index contributed by atoms with van der Waals surface area (Å²) in [7, 11) is 0. The first-order chi connectivity index (χ1) is 16.9. The van der Waals surface area contributed by atoms with Gasteiger partial charge in [-0.3, -0.25) is 13.8 Å². The maximum Gasteiger partial charge on any atom is 0.272 e. The number of hydrogen-bond donors (Lipinski definition) is 2. The molecule has 2 atom stereocenters. The summed E-state index contributed by atoms with van der Waals surface area (Å²) in [5.41, 5.74) is 2.26. The normalized spacial score (nSPS) is 17.9. The van der Waals surface area contributed by atoms with Crippen LogP contribution in [0.15, 0.2) is 42.5 Å². The number of amides is 1. The second kappa shape index (κ2) is 11.4. The Morgan fingerprint density at radius 3 is 2.63 bits per heavy atom. The lowest BCUT2D eigenvalue weighted by Crippen LogP contribution is -2.45. The number of aliphatic hydroxyl groups is 1. The zero-order valence-electron chi connectivity index (χ0n) is 19.4. The van der Waals surface area contributed by atoms with Crippen molar-refractivity contribution in [3.8, 4) is 22.8 Å². The number of imidazole rings is 1. The molecule has 0 aliphatic heterocycles. The van der Waals surface area contributed by atoms with E-state index in [2.05, 4.69) is 10.3 Å². The van der Waals surface area contributed by atoms with E-state index >= 15 is 0 Å². The van der Waals surface area contributed by atoms with Crippen molar-refractivity contribution < 1.29 is 19.0 Å². The van der Waals surface area contributed by atoms with Gasteiger partial charge in [-0.1, -0.05) is 36.0 Å². The van der Waals surface area contributed by atoms with Gasteiger partial charge in [0, 0.05) is 22.7 Å². The van der Waals surface area contributed by atoms with Crippen LogP contribution in [0.4, 0.5) is 4.39 Å². The highest BCUT2D eigenvalue weighted by molar-refractivity contribution is 6.36.